The van der Waals surface area contributed by atoms with Gasteiger partial charge >= 0.3 is 5.97 Å². The number of carbonyl (C=O) groups is 1. The van der Waals surface area contributed by atoms with Gasteiger partial charge in [0.15, 0.2) is 0 Å². The van der Waals surface area contributed by atoms with Crippen molar-refractivity contribution in [3.05, 3.63) is 39.6 Å². The van der Waals surface area contributed by atoms with Crippen LogP contribution in [0.2, 0.25) is 0 Å². The first-order chi connectivity index (χ1) is 9.69. The predicted molar refractivity (Wildman–Crippen MR) is 73.6 cm³/mol. The number of nitrogens with one attached hydrogen (secondary N) is 2. The summed E-state index contributed by atoms with van der Waals surface area (Å²) in [6, 6.07) is 3.82. The zero-order chi connectivity index (χ0) is 15.8. The quantitative estimate of drug-likeness (QED) is 0.551. The minimum Gasteiger partial charge on any atom is -0.477 e. The lowest BCUT2D eigenvalue weighted by Gasteiger charge is -2.03. The van der Waals surface area contributed by atoms with Crippen LogP contribution in [0.3, 0.4) is 0 Å². The Morgan fingerprint density at radius 3 is 2.67 bits per heavy atom. The lowest BCUT2D eigenvalue weighted by molar-refractivity contribution is -0.384. The first-order valence-electron chi connectivity index (χ1n) is 5.66. The summed E-state index contributed by atoms with van der Waals surface area (Å²) >= 11 is 0. The van der Waals surface area contributed by atoms with Crippen LogP contribution in [-0.4, -0.2) is 35.7 Å². The summed E-state index contributed by atoms with van der Waals surface area (Å²) in [7, 11) is -3.53. The topological polar surface area (TPSA) is 142 Å². The number of carboxylic acid groups (broad SMARTS) is 1. The third-order valence-corrected chi connectivity index (χ3v) is 3.49. The van der Waals surface area contributed by atoms with Gasteiger partial charge in [0, 0.05) is 35.1 Å². The molecular weight excluding hydrogens is 302 g/mol. The standard InChI is InChI=1S/C11H11N3O6S/c1-21(19,20)12-5-8-7-4-6(14(17)18)2-3-9(7)13-10(8)11(15)16/h2-4,12-13H,5H2,1H3,(H,15,16). The maximum atomic E-state index is 11.2. The van der Waals surface area contributed by atoms with Gasteiger partial charge in [-0.25, -0.2) is 17.9 Å². The molecular formula is C11H11N3O6S. The Balaban J connectivity index is 2.61. The highest BCUT2D eigenvalue weighted by atomic mass is 32.2. The Morgan fingerprint density at radius 1 is 1.48 bits per heavy atom. The first kappa shape index (κ1) is 14.9. The van der Waals surface area contributed by atoms with Crippen LogP contribution >= 0.6 is 0 Å². The van der Waals surface area contributed by atoms with Crippen LogP contribution in [-0.2, 0) is 16.6 Å². The third-order valence-electron chi connectivity index (χ3n) is 2.83. The van der Waals surface area contributed by atoms with Gasteiger partial charge in [-0.1, -0.05) is 0 Å². The van der Waals surface area contributed by atoms with Gasteiger partial charge in [-0.2, -0.15) is 0 Å². The molecule has 0 unspecified atom stereocenters. The summed E-state index contributed by atoms with van der Waals surface area (Å²) in [5.74, 6) is -1.28. The number of H-pyrrole nitrogens is 1. The van der Waals surface area contributed by atoms with Crippen molar-refractivity contribution in [1.29, 1.82) is 0 Å². The van der Waals surface area contributed by atoms with Crippen LogP contribution in [0.4, 0.5) is 5.69 Å². The molecule has 0 atom stereocenters. The van der Waals surface area contributed by atoms with Crippen molar-refractivity contribution in [1.82, 2.24) is 9.71 Å². The van der Waals surface area contributed by atoms with Crippen molar-refractivity contribution in [2.75, 3.05) is 6.26 Å². The molecule has 0 aliphatic heterocycles. The number of nitrogens with zero attached hydrogens (tertiary/aromatic N) is 1. The molecule has 0 saturated carbocycles. The SMILES string of the molecule is CS(=O)(=O)NCc1c(C(=O)O)[nH]c2ccc([N+](=O)[O-])cc12. The highest BCUT2D eigenvalue weighted by molar-refractivity contribution is 7.88. The second-order valence-electron chi connectivity index (χ2n) is 4.36. The van der Waals surface area contributed by atoms with E-state index in [0.717, 1.165) is 6.26 Å². The number of hydrogen-bond donors (Lipinski definition) is 3. The van der Waals surface area contributed by atoms with Gasteiger partial charge in [0.25, 0.3) is 5.69 Å². The van der Waals surface area contributed by atoms with Gasteiger partial charge in [-0.05, 0) is 6.07 Å². The summed E-state index contributed by atoms with van der Waals surface area (Å²) in [5, 5.41) is 20.2. The van der Waals surface area contributed by atoms with E-state index in [1.807, 2.05) is 0 Å². The molecule has 0 bridgehead atoms. The Labute approximate surface area is 118 Å². The van der Waals surface area contributed by atoms with Gasteiger partial charge < -0.3 is 10.1 Å². The number of nitro groups is 1. The number of non-ortho nitro benzene ring substituents is 1. The van der Waals surface area contributed by atoms with E-state index < -0.39 is 20.9 Å². The lowest BCUT2D eigenvalue weighted by atomic mass is 10.1. The molecule has 0 saturated heterocycles. The normalized spacial score (nSPS) is 11.7. The molecule has 21 heavy (non-hydrogen) atoms. The summed E-state index contributed by atoms with van der Waals surface area (Å²) in [6.45, 7) is -0.276. The number of benzene rings is 1. The van der Waals surface area contributed by atoms with Gasteiger partial charge in [0.1, 0.15) is 5.69 Å². The molecule has 1 heterocycles. The fourth-order valence-electron chi connectivity index (χ4n) is 1.92. The van der Waals surface area contributed by atoms with Crippen LogP contribution in [0.1, 0.15) is 16.1 Å². The zero-order valence-electron chi connectivity index (χ0n) is 10.8. The average molecular weight is 313 g/mol. The Kier molecular flexibility index (Phi) is 3.66. The molecule has 2 rings (SSSR count). The highest BCUT2D eigenvalue weighted by Crippen LogP contribution is 2.26. The van der Waals surface area contributed by atoms with E-state index in [1.54, 1.807) is 0 Å². The van der Waals surface area contributed by atoms with E-state index >= 15 is 0 Å². The molecule has 112 valence electrons. The molecule has 9 nitrogen and oxygen atoms in total. The average Bonchev–Trinajstić information content (AvgIpc) is 2.73. The monoisotopic (exact) mass is 313 g/mol. The molecule has 0 aliphatic carbocycles. The van der Waals surface area contributed by atoms with E-state index in [2.05, 4.69) is 9.71 Å². The molecule has 1 aromatic heterocycles. The number of fused-ring (bicyclic) bond motifs is 1. The molecule has 2 aromatic rings. The molecule has 3 N–H and O–H groups in total. The lowest BCUT2D eigenvalue weighted by Crippen LogP contribution is -2.22. The Morgan fingerprint density at radius 2 is 2.14 bits per heavy atom. The summed E-state index contributed by atoms with van der Waals surface area (Å²) in [6.07, 6.45) is 0.935. The van der Waals surface area contributed by atoms with Gasteiger partial charge in [0.05, 0.1) is 11.2 Å². The van der Waals surface area contributed by atoms with Crippen LogP contribution < -0.4 is 4.72 Å². The molecule has 0 spiro atoms. The summed E-state index contributed by atoms with van der Waals surface area (Å²) in [5.41, 5.74) is 0.107. The molecule has 0 fully saturated rings. The van der Waals surface area contributed by atoms with E-state index in [4.69, 9.17) is 5.11 Å². The number of carboxylic acids is 1. The second kappa shape index (κ2) is 5.14. The number of sulfonamides is 1. The third kappa shape index (κ3) is 3.17. The number of hydrogen-bond acceptors (Lipinski definition) is 5. The predicted octanol–water partition coefficient (Wildman–Crippen LogP) is 0.824. The number of aromatic nitrogens is 1. The number of aromatic carboxylic acids is 1. The van der Waals surface area contributed by atoms with Crippen molar-refractivity contribution in [3.8, 4) is 0 Å². The Bertz CT molecular complexity index is 839. The van der Waals surface area contributed by atoms with Crippen molar-refractivity contribution in [3.63, 3.8) is 0 Å². The van der Waals surface area contributed by atoms with Gasteiger partial charge in [-0.15, -0.1) is 0 Å². The van der Waals surface area contributed by atoms with Crippen molar-refractivity contribution >= 4 is 32.6 Å². The minimum absolute atomic E-state index is 0.145. The minimum atomic E-state index is -3.53. The van der Waals surface area contributed by atoms with E-state index in [1.165, 1.54) is 18.2 Å². The van der Waals surface area contributed by atoms with Crippen LogP contribution in [0.15, 0.2) is 18.2 Å². The molecule has 10 heteroatoms. The van der Waals surface area contributed by atoms with E-state index in [9.17, 15) is 23.3 Å². The van der Waals surface area contributed by atoms with Crippen LogP contribution in [0.5, 0.6) is 0 Å². The summed E-state index contributed by atoms with van der Waals surface area (Å²) in [4.78, 5) is 24.0. The smallest absolute Gasteiger partial charge is 0.352 e. The second-order valence-corrected chi connectivity index (χ2v) is 6.20. The van der Waals surface area contributed by atoms with Gasteiger partial charge in [-0.3, -0.25) is 10.1 Å². The van der Waals surface area contributed by atoms with Crippen molar-refractivity contribution < 1.29 is 23.2 Å². The maximum absolute atomic E-state index is 11.2. The van der Waals surface area contributed by atoms with Crippen LogP contribution in [0, 0.1) is 10.1 Å². The molecule has 0 radical (unpaired) electrons. The largest absolute Gasteiger partial charge is 0.477 e. The van der Waals surface area contributed by atoms with E-state index in [-0.39, 0.29) is 28.9 Å². The zero-order valence-corrected chi connectivity index (χ0v) is 11.6. The highest BCUT2D eigenvalue weighted by Gasteiger charge is 2.20. The maximum Gasteiger partial charge on any atom is 0.352 e. The van der Waals surface area contributed by atoms with Crippen LogP contribution in [0.25, 0.3) is 10.9 Å². The Hall–Kier alpha value is -2.46. The number of nitro benzene ring substituents is 1. The number of aromatic amines is 1. The molecule has 0 amide bonds. The fraction of sp³-hybridized carbons (Fsp3) is 0.182. The van der Waals surface area contributed by atoms with Crippen molar-refractivity contribution in [2.24, 2.45) is 0 Å². The fourth-order valence-corrected chi connectivity index (χ4v) is 2.33. The molecule has 1 aromatic carbocycles. The van der Waals surface area contributed by atoms with Crippen molar-refractivity contribution in [2.45, 2.75) is 6.54 Å². The molecule has 0 aliphatic rings. The van der Waals surface area contributed by atoms with Gasteiger partial charge in [0.2, 0.25) is 10.0 Å². The van der Waals surface area contributed by atoms with E-state index in [0.29, 0.717) is 5.52 Å². The summed E-state index contributed by atoms with van der Waals surface area (Å²) < 4.78 is 24.5. The number of rotatable bonds is 5. The first-order valence-corrected chi connectivity index (χ1v) is 7.55.